The number of hydrogen-bond acceptors (Lipinski definition) is 11. The summed E-state index contributed by atoms with van der Waals surface area (Å²) in [7, 11) is -2.52. The number of benzene rings is 2. The van der Waals surface area contributed by atoms with Crippen LogP contribution in [0.25, 0.3) is 22.3 Å². The van der Waals surface area contributed by atoms with Gasteiger partial charge in [-0.15, -0.1) is 17.9 Å². The number of methoxy groups -OCH3 is 1. The van der Waals surface area contributed by atoms with E-state index in [4.69, 9.17) is 35.8 Å². The fourth-order valence-corrected chi connectivity index (χ4v) is 12.0. The summed E-state index contributed by atoms with van der Waals surface area (Å²) in [5.74, 6) is -0.538. The van der Waals surface area contributed by atoms with Crippen LogP contribution in [-0.4, -0.2) is 93.1 Å². The summed E-state index contributed by atoms with van der Waals surface area (Å²) in [6.07, 6.45) is 3.70. The molecule has 1 saturated heterocycles. The van der Waals surface area contributed by atoms with Crippen LogP contribution in [0.15, 0.2) is 66.6 Å². The summed E-state index contributed by atoms with van der Waals surface area (Å²) in [6, 6.07) is 12.4. The number of hydrogen-bond donors (Lipinski definition) is 4. The second-order valence-corrected chi connectivity index (χ2v) is 22.1. The van der Waals surface area contributed by atoms with Gasteiger partial charge < -0.3 is 40.0 Å². The van der Waals surface area contributed by atoms with Crippen LogP contribution in [0.3, 0.4) is 0 Å². The first kappa shape index (κ1) is 46.3. The third-order valence-electron chi connectivity index (χ3n) is 12.1. The molecule has 1 unspecified atom stereocenters. The summed E-state index contributed by atoms with van der Waals surface area (Å²) >= 11 is 7.86. The Morgan fingerprint density at radius 1 is 1.10 bits per heavy atom. The van der Waals surface area contributed by atoms with Crippen molar-refractivity contribution in [2.45, 2.75) is 115 Å². The van der Waals surface area contributed by atoms with Crippen LogP contribution in [-0.2, 0) is 25.3 Å². The monoisotopic (exact) mass is 920 g/mol. The Hall–Kier alpha value is -4.69. The lowest BCUT2D eigenvalue weighted by Crippen LogP contribution is -2.58. The lowest BCUT2D eigenvalue weighted by Gasteiger charge is -2.36. The Morgan fingerprint density at radius 2 is 1.84 bits per heavy atom. The standard InChI is InChI=1S/C46H58ClN6O8PS/c1-8-29-24-46(29,62(57,58)20-19-28-13-9-12-16-34(28)47)52-41(54)38-22-32(25-53(38)42(55)40(45(4,5)6)51-44(56)61-30-14-10-11-15-30)60-39-23-36(37-26-63-43(50-37)48-27(2)3)49-35-21-31(59-7)17-18-33(35)39/h8-9,12-13,16-18,21,23,26-27,29-30,32,38,40H,1,10-11,14-15,19-20,22,24-25H2,2-7H3,(H,48,50)(H,51,56)(H,52,54)(H,57,58)/t29-,32-,38+,40-,46+/m1/s1. The molecule has 2 aromatic heterocycles. The fourth-order valence-electron chi connectivity index (χ4n) is 8.57. The third-order valence-corrected chi connectivity index (χ3v) is 16.0. The highest BCUT2D eigenvalue weighted by Crippen LogP contribution is 2.69. The second-order valence-electron chi connectivity index (χ2n) is 18.2. The first-order valence-electron chi connectivity index (χ1n) is 21.6. The molecule has 338 valence electrons. The normalized spacial score (nSPS) is 22.6. The maximum Gasteiger partial charge on any atom is 0.408 e. The lowest BCUT2D eigenvalue weighted by atomic mass is 9.85. The number of halogens is 1. The molecule has 1 aliphatic heterocycles. The van der Waals surface area contributed by atoms with E-state index in [0.717, 1.165) is 36.4 Å². The number of carbonyl (C=O) groups is 3. The quantitative estimate of drug-likeness (QED) is 0.0623. The number of aromatic nitrogens is 2. The van der Waals surface area contributed by atoms with Crippen LogP contribution in [0.5, 0.6) is 11.5 Å². The van der Waals surface area contributed by atoms with Gasteiger partial charge >= 0.3 is 6.09 Å². The van der Waals surface area contributed by atoms with Gasteiger partial charge in [0.05, 0.1) is 24.9 Å². The molecule has 2 aliphatic carbocycles. The van der Waals surface area contributed by atoms with Gasteiger partial charge in [-0.2, -0.15) is 0 Å². The molecule has 0 spiro atoms. The molecule has 0 radical (unpaired) electrons. The highest BCUT2D eigenvalue weighted by atomic mass is 35.5. The highest BCUT2D eigenvalue weighted by molar-refractivity contribution is 7.60. The van der Waals surface area contributed by atoms with Crippen molar-refractivity contribution in [3.8, 4) is 22.9 Å². The molecule has 2 aromatic carbocycles. The lowest BCUT2D eigenvalue weighted by molar-refractivity contribution is -0.142. The predicted octanol–water partition coefficient (Wildman–Crippen LogP) is 8.80. The summed E-state index contributed by atoms with van der Waals surface area (Å²) in [5.41, 5.74) is 1.70. The van der Waals surface area contributed by atoms with Gasteiger partial charge in [-0.05, 0) is 81.5 Å². The predicted molar refractivity (Wildman–Crippen MR) is 247 cm³/mol. The Bertz CT molecular complexity index is 2400. The number of anilines is 1. The minimum absolute atomic E-state index is 0.0293. The smallest absolute Gasteiger partial charge is 0.408 e. The number of likely N-dealkylation sites (tertiary alicyclic amines) is 1. The van der Waals surface area contributed by atoms with Crippen molar-refractivity contribution in [2.75, 3.05) is 25.1 Å². The zero-order chi connectivity index (χ0) is 45.3. The van der Waals surface area contributed by atoms with Crippen molar-refractivity contribution in [2.24, 2.45) is 11.3 Å². The molecule has 3 aliphatic rings. The summed E-state index contributed by atoms with van der Waals surface area (Å²) in [5, 5.41) is 11.5. The molecule has 3 amide bonds. The minimum Gasteiger partial charge on any atom is -0.497 e. The SMILES string of the molecule is C=C[C@@H]1C[C@]1(NC(=O)[C@@H]1C[C@@H](Oc2cc(-c3csc(NC(C)C)n3)nc3cc(OC)ccc23)CN1C(=O)[C@@H](NC(=O)OC1CCCC1)C(C)(C)C)P(=O)(O)CCc1ccccc1Cl. The van der Waals surface area contributed by atoms with Crippen LogP contribution in [0.1, 0.15) is 78.7 Å². The van der Waals surface area contributed by atoms with Gasteiger partial charge in [-0.1, -0.05) is 56.6 Å². The van der Waals surface area contributed by atoms with E-state index < -0.39 is 60.1 Å². The zero-order valence-electron chi connectivity index (χ0n) is 36.7. The van der Waals surface area contributed by atoms with Crippen LogP contribution >= 0.6 is 30.3 Å². The number of nitrogens with one attached hydrogen (secondary N) is 3. The molecule has 3 heterocycles. The molecule has 63 heavy (non-hydrogen) atoms. The van der Waals surface area contributed by atoms with Crippen molar-refractivity contribution in [1.29, 1.82) is 0 Å². The fraction of sp³-hybridized carbons (Fsp3) is 0.500. The molecule has 4 aromatic rings. The van der Waals surface area contributed by atoms with Crippen LogP contribution in [0, 0.1) is 11.3 Å². The van der Waals surface area contributed by atoms with Crippen molar-refractivity contribution in [3.63, 3.8) is 0 Å². The van der Waals surface area contributed by atoms with E-state index in [1.165, 1.54) is 16.2 Å². The number of amides is 3. The van der Waals surface area contributed by atoms with Gasteiger partial charge in [-0.25, -0.2) is 14.8 Å². The molecular weight excluding hydrogens is 863 g/mol. The van der Waals surface area contributed by atoms with Crippen molar-refractivity contribution < 1.29 is 38.1 Å². The van der Waals surface area contributed by atoms with Gasteiger partial charge in [0.1, 0.15) is 46.8 Å². The highest BCUT2D eigenvalue weighted by Gasteiger charge is 2.65. The average molecular weight is 921 g/mol. The number of nitrogens with zero attached hydrogens (tertiary/aromatic N) is 3. The number of thiazole rings is 1. The number of alkyl carbamates (subject to hydrolysis) is 1. The maximum atomic E-state index is 14.9. The summed E-state index contributed by atoms with van der Waals surface area (Å²) < 4.78 is 32.4. The second kappa shape index (κ2) is 18.8. The molecule has 0 bridgehead atoms. The zero-order valence-corrected chi connectivity index (χ0v) is 39.2. The minimum atomic E-state index is -4.10. The van der Waals surface area contributed by atoms with Gasteiger partial charge in [0, 0.05) is 52.5 Å². The molecule has 4 N–H and O–H groups in total. The molecule has 7 rings (SSSR count). The van der Waals surface area contributed by atoms with E-state index in [9.17, 15) is 23.8 Å². The van der Waals surface area contributed by atoms with E-state index in [0.29, 0.717) is 38.8 Å². The molecule has 14 nitrogen and oxygen atoms in total. The number of pyridine rings is 1. The molecule has 2 saturated carbocycles. The maximum absolute atomic E-state index is 14.9. The Labute approximate surface area is 378 Å². The average Bonchev–Trinajstić information content (AvgIpc) is 3.63. The number of ether oxygens (including phenoxy) is 3. The van der Waals surface area contributed by atoms with Crippen molar-refractivity contribution in [3.05, 3.63) is 77.2 Å². The third kappa shape index (κ3) is 10.3. The van der Waals surface area contributed by atoms with E-state index in [1.54, 1.807) is 49.6 Å². The number of fused-ring (bicyclic) bond motifs is 1. The van der Waals surface area contributed by atoms with Crippen LogP contribution < -0.4 is 25.4 Å². The van der Waals surface area contributed by atoms with E-state index in [1.807, 2.05) is 52.1 Å². The summed E-state index contributed by atoms with van der Waals surface area (Å²) in [6.45, 7) is 13.4. The van der Waals surface area contributed by atoms with E-state index in [2.05, 4.69) is 22.5 Å². The molecule has 6 atom stereocenters. The van der Waals surface area contributed by atoms with E-state index >= 15 is 0 Å². The molecule has 3 fully saturated rings. The Balaban J connectivity index is 1.21. The molecule has 17 heteroatoms. The Kier molecular flexibility index (Phi) is 13.8. The van der Waals surface area contributed by atoms with Gasteiger partial charge in [-0.3, -0.25) is 14.2 Å². The van der Waals surface area contributed by atoms with Gasteiger partial charge in [0.25, 0.3) is 0 Å². The van der Waals surface area contributed by atoms with Crippen LogP contribution in [0.4, 0.5) is 9.93 Å². The largest absolute Gasteiger partial charge is 0.497 e. The number of rotatable bonds is 16. The first-order chi connectivity index (χ1) is 29.9. The Morgan fingerprint density at radius 3 is 2.51 bits per heavy atom. The number of aryl methyl sites for hydroxylation is 1. The van der Waals surface area contributed by atoms with Gasteiger partial charge in [0.2, 0.25) is 19.2 Å². The van der Waals surface area contributed by atoms with Gasteiger partial charge in [0.15, 0.2) is 5.13 Å². The van der Waals surface area contributed by atoms with Crippen molar-refractivity contribution in [1.82, 2.24) is 25.5 Å². The van der Waals surface area contributed by atoms with Crippen molar-refractivity contribution >= 4 is 64.2 Å². The first-order valence-corrected chi connectivity index (χ1v) is 24.7. The molecular formula is C46H58ClN6O8PS. The van der Waals surface area contributed by atoms with E-state index in [-0.39, 0.29) is 44.1 Å². The summed E-state index contributed by atoms with van der Waals surface area (Å²) in [4.78, 5) is 65.9. The van der Waals surface area contributed by atoms with Crippen LogP contribution in [0.2, 0.25) is 5.02 Å². The topological polar surface area (TPSA) is 181 Å². The number of carbonyl (C=O) groups excluding carboxylic acids is 3.